The van der Waals surface area contributed by atoms with Gasteiger partial charge in [-0.1, -0.05) is 6.92 Å². The zero-order valence-electron chi connectivity index (χ0n) is 10.2. The number of hydrogen-bond donors (Lipinski definition) is 1. The Kier molecular flexibility index (Phi) is 8.52. The van der Waals surface area contributed by atoms with Crippen LogP contribution in [0.5, 0.6) is 0 Å². The Morgan fingerprint density at radius 1 is 1.38 bits per heavy atom. The Hall–Kier alpha value is -1.10. The van der Waals surface area contributed by atoms with E-state index in [2.05, 4.69) is 5.32 Å². The monoisotopic (exact) mass is 231 g/mol. The lowest BCUT2D eigenvalue weighted by molar-refractivity contribution is -0.143. The summed E-state index contributed by atoms with van der Waals surface area (Å²) in [5, 5.41) is 2.64. The van der Waals surface area contributed by atoms with Crippen molar-refractivity contribution in [2.24, 2.45) is 0 Å². The van der Waals surface area contributed by atoms with Crippen molar-refractivity contribution in [1.29, 1.82) is 0 Å². The molecular weight excluding hydrogens is 210 g/mol. The molecule has 0 aliphatic rings. The third kappa shape index (κ3) is 8.23. The quantitative estimate of drug-likeness (QED) is 0.630. The molecule has 0 bridgehead atoms. The van der Waals surface area contributed by atoms with Crippen molar-refractivity contribution < 1.29 is 19.1 Å². The fourth-order valence-corrected chi connectivity index (χ4v) is 1.01. The number of ether oxygens (including phenoxy) is 2. The molecule has 0 aromatic rings. The zero-order chi connectivity index (χ0) is 12.4. The minimum atomic E-state index is -0.276. The van der Waals surface area contributed by atoms with Crippen molar-refractivity contribution >= 4 is 11.9 Å². The van der Waals surface area contributed by atoms with Gasteiger partial charge in [0.1, 0.15) is 0 Å². The summed E-state index contributed by atoms with van der Waals surface area (Å²) in [7, 11) is 1.56. The maximum Gasteiger partial charge on any atom is 0.307 e. The highest BCUT2D eigenvalue weighted by Crippen LogP contribution is 1.94. The van der Waals surface area contributed by atoms with E-state index in [9.17, 15) is 9.59 Å². The SMILES string of the molecule is CCCOC(=O)CCNC(=O)CC(C)OC. The van der Waals surface area contributed by atoms with Gasteiger partial charge in [-0.2, -0.15) is 0 Å². The van der Waals surface area contributed by atoms with Crippen LogP contribution < -0.4 is 5.32 Å². The zero-order valence-corrected chi connectivity index (χ0v) is 10.2. The minimum absolute atomic E-state index is 0.105. The molecule has 0 fully saturated rings. The fourth-order valence-electron chi connectivity index (χ4n) is 1.01. The van der Waals surface area contributed by atoms with Gasteiger partial charge in [0.05, 0.1) is 25.6 Å². The van der Waals surface area contributed by atoms with Crippen LogP contribution in [0.2, 0.25) is 0 Å². The van der Waals surface area contributed by atoms with Crippen LogP contribution in [0, 0.1) is 0 Å². The van der Waals surface area contributed by atoms with Gasteiger partial charge in [0.15, 0.2) is 0 Å². The number of carbonyl (C=O) groups excluding carboxylic acids is 2. The molecule has 5 nitrogen and oxygen atoms in total. The van der Waals surface area contributed by atoms with Crippen molar-refractivity contribution in [3.8, 4) is 0 Å². The van der Waals surface area contributed by atoms with Crippen LogP contribution in [0.1, 0.15) is 33.1 Å². The number of amides is 1. The summed E-state index contributed by atoms with van der Waals surface area (Å²) in [5.74, 6) is -0.389. The highest BCUT2D eigenvalue weighted by Gasteiger charge is 2.08. The average Bonchev–Trinajstić information content (AvgIpc) is 2.26. The molecule has 0 heterocycles. The molecular formula is C11H21NO4. The first kappa shape index (κ1) is 14.9. The molecule has 0 spiro atoms. The predicted molar refractivity (Wildman–Crippen MR) is 60.0 cm³/mol. The van der Waals surface area contributed by atoms with Crippen molar-refractivity contribution in [3.05, 3.63) is 0 Å². The van der Waals surface area contributed by atoms with Gasteiger partial charge in [-0.3, -0.25) is 9.59 Å². The third-order valence-electron chi connectivity index (χ3n) is 1.99. The summed E-state index contributed by atoms with van der Waals surface area (Å²) < 4.78 is 9.81. The van der Waals surface area contributed by atoms with E-state index in [4.69, 9.17) is 9.47 Å². The van der Waals surface area contributed by atoms with Gasteiger partial charge < -0.3 is 14.8 Å². The van der Waals surface area contributed by atoms with Gasteiger partial charge in [0.25, 0.3) is 0 Å². The van der Waals surface area contributed by atoms with Crippen molar-refractivity contribution in [2.75, 3.05) is 20.3 Å². The first-order valence-corrected chi connectivity index (χ1v) is 5.55. The van der Waals surface area contributed by atoms with E-state index in [-0.39, 0.29) is 24.4 Å². The van der Waals surface area contributed by atoms with Crippen LogP contribution in [0.15, 0.2) is 0 Å². The summed E-state index contributed by atoms with van der Waals surface area (Å²) in [4.78, 5) is 22.3. The van der Waals surface area contributed by atoms with Crippen molar-refractivity contribution in [1.82, 2.24) is 5.32 Å². The number of methoxy groups -OCH3 is 1. The average molecular weight is 231 g/mol. The molecule has 5 heteroatoms. The fraction of sp³-hybridized carbons (Fsp3) is 0.818. The van der Waals surface area contributed by atoms with E-state index in [0.717, 1.165) is 6.42 Å². The normalized spacial score (nSPS) is 11.9. The van der Waals surface area contributed by atoms with Crippen LogP contribution >= 0.6 is 0 Å². The number of nitrogens with one attached hydrogen (secondary N) is 1. The number of rotatable bonds is 8. The topological polar surface area (TPSA) is 64.6 Å². The highest BCUT2D eigenvalue weighted by atomic mass is 16.5. The van der Waals surface area contributed by atoms with Gasteiger partial charge in [-0.15, -0.1) is 0 Å². The maximum absolute atomic E-state index is 11.3. The van der Waals surface area contributed by atoms with Gasteiger partial charge in [-0.25, -0.2) is 0 Å². The molecule has 0 aliphatic heterocycles. The smallest absolute Gasteiger partial charge is 0.307 e. The Morgan fingerprint density at radius 3 is 2.62 bits per heavy atom. The molecule has 0 radical (unpaired) electrons. The van der Waals surface area contributed by atoms with E-state index in [0.29, 0.717) is 19.6 Å². The van der Waals surface area contributed by atoms with E-state index in [1.165, 1.54) is 0 Å². The van der Waals surface area contributed by atoms with Crippen LogP contribution in [0.4, 0.5) is 0 Å². The second kappa shape index (κ2) is 9.15. The first-order valence-electron chi connectivity index (χ1n) is 5.55. The first-order chi connectivity index (χ1) is 7.60. The summed E-state index contributed by atoms with van der Waals surface area (Å²) in [5.41, 5.74) is 0. The van der Waals surface area contributed by atoms with Crippen LogP contribution in [0.25, 0.3) is 0 Å². The summed E-state index contributed by atoms with van der Waals surface area (Å²) in [6, 6.07) is 0. The third-order valence-corrected chi connectivity index (χ3v) is 1.99. The molecule has 94 valence electrons. The number of carbonyl (C=O) groups is 2. The lowest BCUT2D eigenvalue weighted by Crippen LogP contribution is -2.29. The van der Waals surface area contributed by atoms with Crippen molar-refractivity contribution in [2.45, 2.75) is 39.2 Å². The van der Waals surface area contributed by atoms with E-state index >= 15 is 0 Å². The largest absolute Gasteiger partial charge is 0.466 e. The summed E-state index contributed by atoms with van der Waals surface area (Å²) in [6.45, 7) is 4.50. The molecule has 16 heavy (non-hydrogen) atoms. The van der Waals surface area contributed by atoms with Gasteiger partial charge >= 0.3 is 5.97 Å². The highest BCUT2D eigenvalue weighted by molar-refractivity contribution is 5.77. The Morgan fingerprint density at radius 2 is 2.06 bits per heavy atom. The maximum atomic E-state index is 11.3. The number of esters is 1. The van der Waals surface area contributed by atoms with E-state index in [1.54, 1.807) is 7.11 Å². The van der Waals surface area contributed by atoms with E-state index < -0.39 is 0 Å². The lowest BCUT2D eigenvalue weighted by atomic mass is 10.2. The molecule has 0 aliphatic carbocycles. The molecule has 1 N–H and O–H groups in total. The lowest BCUT2D eigenvalue weighted by Gasteiger charge is -2.09. The van der Waals surface area contributed by atoms with Crippen molar-refractivity contribution in [3.63, 3.8) is 0 Å². The molecule has 1 unspecified atom stereocenters. The summed E-state index contributed by atoms with van der Waals surface area (Å²) in [6.07, 6.45) is 1.23. The Labute approximate surface area is 96.5 Å². The molecule has 0 rings (SSSR count). The van der Waals surface area contributed by atoms with Gasteiger partial charge in [0.2, 0.25) is 5.91 Å². The van der Waals surface area contributed by atoms with Crippen LogP contribution in [-0.2, 0) is 19.1 Å². The number of hydrogen-bond acceptors (Lipinski definition) is 4. The van der Waals surface area contributed by atoms with Crippen LogP contribution in [-0.4, -0.2) is 38.2 Å². The predicted octanol–water partition coefficient (Wildman–Crippen LogP) is 0.871. The molecule has 0 saturated carbocycles. The Balaban J connectivity index is 3.50. The molecule has 0 aromatic carbocycles. The molecule has 0 aromatic heterocycles. The van der Waals surface area contributed by atoms with Gasteiger partial charge in [-0.05, 0) is 13.3 Å². The molecule has 0 saturated heterocycles. The molecule has 1 amide bonds. The summed E-state index contributed by atoms with van der Waals surface area (Å²) >= 11 is 0. The standard InChI is InChI=1S/C11H21NO4/c1-4-7-16-11(14)5-6-12-10(13)8-9(2)15-3/h9H,4-8H2,1-3H3,(H,12,13). The second-order valence-electron chi connectivity index (χ2n) is 3.57. The minimum Gasteiger partial charge on any atom is -0.466 e. The Bertz CT molecular complexity index is 218. The second-order valence-corrected chi connectivity index (χ2v) is 3.57. The molecule has 1 atom stereocenters. The van der Waals surface area contributed by atoms with Gasteiger partial charge in [0, 0.05) is 13.7 Å². The van der Waals surface area contributed by atoms with E-state index in [1.807, 2.05) is 13.8 Å². The van der Waals surface area contributed by atoms with Crippen LogP contribution in [0.3, 0.4) is 0 Å².